The summed E-state index contributed by atoms with van der Waals surface area (Å²) in [5.41, 5.74) is 1.09. The maximum Gasteiger partial charge on any atom is 0.326 e. The van der Waals surface area contributed by atoms with Gasteiger partial charge in [-0.25, -0.2) is 4.79 Å². The maximum absolute atomic E-state index is 13.2. The van der Waals surface area contributed by atoms with Crippen molar-refractivity contribution in [3.63, 3.8) is 0 Å². The topological polar surface area (TPSA) is 105 Å². The van der Waals surface area contributed by atoms with Crippen molar-refractivity contribution in [3.05, 3.63) is 35.9 Å². The first-order valence-corrected chi connectivity index (χ1v) is 10.5. The number of nitrogens with one attached hydrogen (secondary N) is 1. The normalized spacial score (nSPS) is 24.9. The number of nitrogens with zero attached hydrogens (tertiary/aromatic N) is 1. The van der Waals surface area contributed by atoms with Gasteiger partial charge in [-0.3, -0.25) is 14.9 Å². The van der Waals surface area contributed by atoms with Crippen molar-refractivity contribution in [1.29, 1.82) is 0 Å². The number of carbonyl (C=O) groups excluding carboxylic acids is 2. The molecule has 0 aliphatic carbocycles. The molecule has 2 N–H and O–H groups in total. The summed E-state index contributed by atoms with van der Waals surface area (Å²) in [7, 11) is 0. The Bertz CT molecular complexity index is 755. The minimum atomic E-state index is -1.00. The molecule has 0 radical (unpaired) electrons. The highest BCUT2D eigenvalue weighted by molar-refractivity contribution is 5.88. The van der Waals surface area contributed by atoms with Crippen LogP contribution >= 0.6 is 0 Å². The molecular weight excluding hydrogens is 388 g/mol. The first-order chi connectivity index (χ1) is 14.4. The van der Waals surface area contributed by atoms with Crippen molar-refractivity contribution >= 4 is 17.8 Å². The van der Waals surface area contributed by atoms with E-state index >= 15 is 0 Å². The van der Waals surface area contributed by atoms with Gasteiger partial charge in [0, 0.05) is 5.92 Å². The van der Waals surface area contributed by atoms with Gasteiger partial charge in [-0.15, -0.1) is 0 Å². The minimum absolute atomic E-state index is 0.0428. The summed E-state index contributed by atoms with van der Waals surface area (Å²) in [6.07, 6.45) is 1.52. The van der Waals surface area contributed by atoms with E-state index in [2.05, 4.69) is 5.32 Å². The second kappa shape index (κ2) is 10.0. The molecule has 1 amide bonds. The molecule has 3 rings (SSSR count). The monoisotopic (exact) mass is 418 g/mol. The lowest BCUT2D eigenvalue weighted by atomic mass is 10.0. The van der Waals surface area contributed by atoms with Gasteiger partial charge in [0.2, 0.25) is 5.91 Å². The van der Waals surface area contributed by atoms with Crippen LogP contribution < -0.4 is 5.32 Å². The van der Waals surface area contributed by atoms with E-state index in [1.54, 1.807) is 13.8 Å². The predicted octanol–water partition coefficient (Wildman–Crippen LogP) is 1.23. The Hall–Kier alpha value is -2.45. The van der Waals surface area contributed by atoms with Crippen LogP contribution in [0.15, 0.2) is 30.3 Å². The molecule has 2 aliphatic heterocycles. The maximum atomic E-state index is 13.2. The van der Waals surface area contributed by atoms with Crippen molar-refractivity contribution in [2.24, 2.45) is 5.92 Å². The fraction of sp³-hybridized carbons (Fsp3) is 0.591. The van der Waals surface area contributed by atoms with Crippen LogP contribution in [0.2, 0.25) is 0 Å². The van der Waals surface area contributed by atoms with Crippen LogP contribution in [-0.4, -0.2) is 71.8 Å². The number of likely N-dealkylation sites (tertiary alicyclic amines) is 1. The van der Waals surface area contributed by atoms with Crippen LogP contribution in [0.3, 0.4) is 0 Å². The minimum Gasteiger partial charge on any atom is -0.480 e. The quantitative estimate of drug-likeness (QED) is 0.581. The molecule has 5 atom stereocenters. The van der Waals surface area contributed by atoms with E-state index in [-0.39, 0.29) is 24.5 Å². The molecular formula is C22H30N2O6. The Labute approximate surface area is 176 Å². The first-order valence-electron chi connectivity index (χ1n) is 10.5. The van der Waals surface area contributed by atoms with Crippen molar-refractivity contribution in [2.45, 2.75) is 57.3 Å². The largest absolute Gasteiger partial charge is 0.480 e. The standard InChI is InChI=1S/C22H30N2O6/c1-3-30-22(28)17(10-9-15-7-5-4-6-8-15)23-14(2)20(25)24-18(21(26)27)11-16-12-29-13-19(16)24/h4-8,14,16-19,23H,3,9-13H2,1-2H3,(H,26,27)/t14-,16?,17?,18?,19?/m0/s1. The number of benzene rings is 1. The van der Waals surface area contributed by atoms with Crippen molar-refractivity contribution < 1.29 is 29.0 Å². The van der Waals surface area contributed by atoms with Crippen LogP contribution in [0.1, 0.15) is 32.3 Å². The van der Waals surface area contributed by atoms with Gasteiger partial charge in [0.05, 0.1) is 31.9 Å². The predicted molar refractivity (Wildman–Crippen MR) is 109 cm³/mol. The molecule has 0 saturated carbocycles. The number of aryl methyl sites for hydroxylation is 1. The van der Waals surface area contributed by atoms with Gasteiger partial charge in [0.25, 0.3) is 0 Å². The number of amides is 1. The van der Waals surface area contributed by atoms with Gasteiger partial charge in [0.1, 0.15) is 12.1 Å². The molecule has 2 fully saturated rings. The highest BCUT2D eigenvalue weighted by atomic mass is 16.5. The molecule has 30 heavy (non-hydrogen) atoms. The second-order valence-corrected chi connectivity index (χ2v) is 7.92. The highest BCUT2D eigenvalue weighted by Crippen LogP contribution is 2.35. The van der Waals surface area contributed by atoms with Gasteiger partial charge >= 0.3 is 11.9 Å². The van der Waals surface area contributed by atoms with Crippen LogP contribution in [0.5, 0.6) is 0 Å². The molecule has 8 nitrogen and oxygen atoms in total. The molecule has 2 heterocycles. The fourth-order valence-electron chi connectivity index (χ4n) is 4.35. The molecule has 1 aromatic carbocycles. The van der Waals surface area contributed by atoms with Gasteiger partial charge in [-0.1, -0.05) is 30.3 Å². The molecule has 8 heteroatoms. The van der Waals surface area contributed by atoms with E-state index in [4.69, 9.17) is 9.47 Å². The zero-order valence-corrected chi connectivity index (χ0v) is 17.5. The summed E-state index contributed by atoms with van der Waals surface area (Å²) in [4.78, 5) is 38.8. The van der Waals surface area contributed by atoms with Crippen LogP contribution in [0.4, 0.5) is 0 Å². The summed E-state index contributed by atoms with van der Waals surface area (Å²) in [6.45, 7) is 4.48. The van der Waals surface area contributed by atoms with E-state index in [9.17, 15) is 19.5 Å². The number of carboxylic acid groups (broad SMARTS) is 1. The SMILES string of the molecule is CCOC(=O)C(CCc1ccccc1)N[C@@H](C)C(=O)N1C(C(=O)O)CC2COCC21. The van der Waals surface area contributed by atoms with Crippen molar-refractivity contribution in [3.8, 4) is 0 Å². The Balaban J connectivity index is 1.68. The van der Waals surface area contributed by atoms with Gasteiger partial charge in [-0.05, 0) is 38.7 Å². The fourth-order valence-corrected chi connectivity index (χ4v) is 4.35. The molecule has 164 valence electrons. The number of carboxylic acids is 1. The Morgan fingerprint density at radius 1 is 1.27 bits per heavy atom. The lowest BCUT2D eigenvalue weighted by Crippen LogP contribution is -2.55. The molecule has 0 aromatic heterocycles. The summed E-state index contributed by atoms with van der Waals surface area (Å²) >= 11 is 0. The van der Waals surface area contributed by atoms with E-state index in [0.29, 0.717) is 32.5 Å². The average Bonchev–Trinajstić information content (AvgIpc) is 3.32. The third-order valence-electron chi connectivity index (χ3n) is 5.88. The van der Waals surface area contributed by atoms with Crippen LogP contribution in [0.25, 0.3) is 0 Å². The van der Waals surface area contributed by atoms with Crippen LogP contribution in [-0.2, 0) is 30.3 Å². The lowest BCUT2D eigenvalue weighted by Gasteiger charge is -2.31. The highest BCUT2D eigenvalue weighted by Gasteiger charge is 2.50. The third-order valence-corrected chi connectivity index (χ3v) is 5.88. The van der Waals surface area contributed by atoms with Crippen molar-refractivity contribution in [1.82, 2.24) is 10.2 Å². The summed E-state index contributed by atoms with van der Waals surface area (Å²) in [5, 5.41) is 12.7. The molecule has 1 aromatic rings. The van der Waals surface area contributed by atoms with E-state index in [1.807, 2.05) is 30.3 Å². The molecule has 2 aliphatic rings. The van der Waals surface area contributed by atoms with Gasteiger partial charge in [0.15, 0.2) is 0 Å². The number of hydrogen-bond acceptors (Lipinski definition) is 6. The summed E-state index contributed by atoms with van der Waals surface area (Å²) in [5.74, 6) is -1.70. The number of ether oxygens (including phenoxy) is 2. The van der Waals surface area contributed by atoms with Crippen LogP contribution in [0, 0.1) is 5.92 Å². The number of carbonyl (C=O) groups is 3. The molecule has 0 spiro atoms. The van der Waals surface area contributed by atoms with E-state index in [0.717, 1.165) is 5.56 Å². The van der Waals surface area contributed by atoms with E-state index in [1.165, 1.54) is 4.90 Å². The molecule has 2 saturated heterocycles. The van der Waals surface area contributed by atoms with Crippen molar-refractivity contribution in [2.75, 3.05) is 19.8 Å². The second-order valence-electron chi connectivity index (χ2n) is 7.92. The smallest absolute Gasteiger partial charge is 0.326 e. The average molecular weight is 418 g/mol. The summed E-state index contributed by atoms with van der Waals surface area (Å²) < 4.78 is 10.6. The lowest BCUT2D eigenvalue weighted by molar-refractivity contribution is -0.152. The summed E-state index contributed by atoms with van der Waals surface area (Å²) in [6, 6.07) is 7.31. The Morgan fingerprint density at radius 3 is 2.67 bits per heavy atom. The Kier molecular flexibility index (Phi) is 7.44. The first kappa shape index (κ1) is 22.2. The number of fused-ring (bicyclic) bond motifs is 1. The number of aliphatic carboxylic acids is 1. The number of rotatable bonds is 9. The molecule has 0 bridgehead atoms. The van der Waals surface area contributed by atoms with Gasteiger partial charge < -0.3 is 19.5 Å². The number of esters is 1. The zero-order valence-electron chi connectivity index (χ0n) is 17.5. The van der Waals surface area contributed by atoms with E-state index < -0.39 is 30.1 Å². The molecule has 4 unspecified atom stereocenters. The zero-order chi connectivity index (χ0) is 21.7. The third kappa shape index (κ3) is 4.99. The van der Waals surface area contributed by atoms with Gasteiger partial charge in [-0.2, -0.15) is 0 Å². The number of hydrogen-bond donors (Lipinski definition) is 2. The Morgan fingerprint density at radius 2 is 2.00 bits per heavy atom.